The van der Waals surface area contributed by atoms with Crippen LogP contribution in [0.4, 0.5) is 5.69 Å². The smallest absolute Gasteiger partial charge is 0.256 e. The van der Waals surface area contributed by atoms with Crippen molar-refractivity contribution in [3.05, 3.63) is 65.2 Å². The Morgan fingerprint density at radius 3 is 2.18 bits per heavy atom. The number of piperazine rings is 1. The Kier molecular flexibility index (Phi) is 5.84. The van der Waals surface area contributed by atoms with Gasteiger partial charge in [0.25, 0.3) is 5.91 Å². The molecule has 0 radical (unpaired) electrons. The summed E-state index contributed by atoms with van der Waals surface area (Å²) in [5, 5.41) is 0. The quantitative estimate of drug-likeness (QED) is 0.748. The summed E-state index contributed by atoms with van der Waals surface area (Å²) in [6.45, 7) is 7.92. The van der Waals surface area contributed by atoms with Crippen molar-refractivity contribution in [1.82, 2.24) is 9.80 Å². The number of hydrogen-bond donors (Lipinski definition) is 0. The van der Waals surface area contributed by atoms with Crippen LogP contribution < -0.4 is 4.90 Å². The standard InChI is InChI=1S/C23H29N3O2/c1-23(2,19-10-6-5-7-11-19)26-15-13-25(14-16-26)20-12-8-9-18(17-27)21(20)22(28)24(3)4/h5-12,17H,13-16H2,1-4H3. The lowest BCUT2D eigenvalue weighted by atomic mass is 9.91. The summed E-state index contributed by atoms with van der Waals surface area (Å²) in [7, 11) is 3.43. The van der Waals surface area contributed by atoms with Gasteiger partial charge in [0.05, 0.1) is 11.3 Å². The van der Waals surface area contributed by atoms with Crippen molar-refractivity contribution in [2.24, 2.45) is 0 Å². The van der Waals surface area contributed by atoms with E-state index in [2.05, 4.69) is 47.9 Å². The van der Waals surface area contributed by atoms with E-state index in [1.54, 1.807) is 20.2 Å². The molecule has 2 aromatic carbocycles. The van der Waals surface area contributed by atoms with E-state index in [1.165, 1.54) is 10.5 Å². The molecule has 0 aromatic heterocycles. The van der Waals surface area contributed by atoms with E-state index in [4.69, 9.17) is 0 Å². The number of hydrogen-bond acceptors (Lipinski definition) is 4. The van der Waals surface area contributed by atoms with Crippen molar-refractivity contribution in [2.75, 3.05) is 45.2 Å². The minimum absolute atomic E-state index is 0.0553. The van der Waals surface area contributed by atoms with Gasteiger partial charge in [-0.1, -0.05) is 42.5 Å². The van der Waals surface area contributed by atoms with Crippen molar-refractivity contribution in [1.29, 1.82) is 0 Å². The maximum absolute atomic E-state index is 12.7. The first kappa shape index (κ1) is 20.1. The van der Waals surface area contributed by atoms with Gasteiger partial charge in [0, 0.05) is 51.4 Å². The normalized spacial score (nSPS) is 15.4. The molecule has 5 heteroatoms. The van der Waals surface area contributed by atoms with E-state index in [0.717, 1.165) is 38.2 Å². The third-order valence-corrected chi connectivity index (χ3v) is 5.71. The molecule has 0 N–H and O–H groups in total. The van der Waals surface area contributed by atoms with Crippen molar-refractivity contribution in [3.8, 4) is 0 Å². The summed E-state index contributed by atoms with van der Waals surface area (Å²) in [6.07, 6.45) is 0.773. The van der Waals surface area contributed by atoms with Gasteiger partial charge in [-0.3, -0.25) is 14.5 Å². The highest BCUT2D eigenvalue weighted by atomic mass is 16.2. The molecule has 0 atom stereocenters. The molecule has 1 amide bonds. The molecule has 0 aliphatic carbocycles. The van der Waals surface area contributed by atoms with Crippen LogP contribution >= 0.6 is 0 Å². The summed E-state index contributed by atoms with van der Waals surface area (Å²) < 4.78 is 0. The van der Waals surface area contributed by atoms with E-state index in [9.17, 15) is 9.59 Å². The van der Waals surface area contributed by atoms with Crippen LogP contribution in [0, 0.1) is 0 Å². The summed E-state index contributed by atoms with van der Waals surface area (Å²) in [6, 6.07) is 16.1. The number of aldehydes is 1. The first-order valence-corrected chi connectivity index (χ1v) is 9.71. The summed E-state index contributed by atoms with van der Waals surface area (Å²) in [5.41, 5.74) is 3.04. The molecule has 148 valence electrons. The zero-order valence-electron chi connectivity index (χ0n) is 17.2. The van der Waals surface area contributed by atoms with E-state index < -0.39 is 0 Å². The maximum atomic E-state index is 12.7. The molecular formula is C23H29N3O2. The van der Waals surface area contributed by atoms with Crippen molar-refractivity contribution in [3.63, 3.8) is 0 Å². The van der Waals surface area contributed by atoms with Crippen molar-refractivity contribution < 1.29 is 9.59 Å². The first-order valence-electron chi connectivity index (χ1n) is 9.71. The number of anilines is 1. The van der Waals surface area contributed by atoms with Gasteiger partial charge in [-0.2, -0.15) is 0 Å². The number of amides is 1. The van der Waals surface area contributed by atoms with Gasteiger partial charge in [0.2, 0.25) is 0 Å². The third-order valence-electron chi connectivity index (χ3n) is 5.71. The van der Waals surface area contributed by atoms with Crippen LogP contribution in [-0.2, 0) is 5.54 Å². The minimum Gasteiger partial charge on any atom is -0.368 e. The second-order valence-electron chi connectivity index (χ2n) is 7.96. The van der Waals surface area contributed by atoms with Gasteiger partial charge in [-0.25, -0.2) is 0 Å². The molecule has 28 heavy (non-hydrogen) atoms. The number of benzene rings is 2. The molecule has 2 aromatic rings. The predicted octanol–water partition coefficient (Wildman–Crippen LogP) is 3.26. The fraction of sp³-hybridized carbons (Fsp3) is 0.391. The molecule has 0 saturated carbocycles. The largest absolute Gasteiger partial charge is 0.368 e. The molecule has 0 bridgehead atoms. The van der Waals surface area contributed by atoms with E-state index in [-0.39, 0.29) is 11.4 Å². The SMILES string of the molecule is CN(C)C(=O)c1c(C=O)cccc1N1CCN(C(C)(C)c2ccccc2)CC1. The highest BCUT2D eigenvalue weighted by molar-refractivity contribution is 6.06. The highest BCUT2D eigenvalue weighted by Crippen LogP contribution is 2.31. The molecule has 5 nitrogen and oxygen atoms in total. The predicted molar refractivity (Wildman–Crippen MR) is 113 cm³/mol. The molecule has 1 heterocycles. The minimum atomic E-state index is -0.134. The molecule has 0 unspecified atom stereocenters. The van der Waals surface area contributed by atoms with E-state index >= 15 is 0 Å². The summed E-state index contributed by atoms with van der Waals surface area (Å²) >= 11 is 0. The number of rotatable bonds is 5. The van der Waals surface area contributed by atoms with Gasteiger partial charge in [0.1, 0.15) is 0 Å². The lowest BCUT2D eigenvalue weighted by Gasteiger charge is -2.45. The summed E-state index contributed by atoms with van der Waals surface area (Å²) in [4.78, 5) is 30.5. The molecule has 1 aliphatic rings. The Labute approximate surface area is 167 Å². The zero-order valence-corrected chi connectivity index (χ0v) is 17.2. The Bertz CT molecular complexity index is 838. The molecular weight excluding hydrogens is 350 g/mol. The van der Waals surface area contributed by atoms with E-state index in [1.807, 2.05) is 18.2 Å². The summed E-state index contributed by atoms with van der Waals surface area (Å²) in [5.74, 6) is -0.134. The van der Waals surface area contributed by atoms with E-state index in [0.29, 0.717) is 11.1 Å². The molecule has 1 aliphatic heterocycles. The topological polar surface area (TPSA) is 43.9 Å². The van der Waals surface area contributed by atoms with Crippen LogP contribution in [0.3, 0.4) is 0 Å². The molecule has 1 fully saturated rings. The average molecular weight is 380 g/mol. The van der Waals surface area contributed by atoms with Crippen molar-refractivity contribution in [2.45, 2.75) is 19.4 Å². The maximum Gasteiger partial charge on any atom is 0.256 e. The van der Waals surface area contributed by atoms with Gasteiger partial charge >= 0.3 is 0 Å². The van der Waals surface area contributed by atoms with Crippen LogP contribution in [0.25, 0.3) is 0 Å². The average Bonchev–Trinajstić information content (AvgIpc) is 2.73. The Morgan fingerprint density at radius 1 is 0.964 bits per heavy atom. The lowest BCUT2D eigenvalue weighted by Crippen LogP contribution is -2.53. The van der Waals surface area contributed by atoms with Crippen LogP contribution in [0.5, 0.6) is 0 Å². The highest BCUT2D eigenvalue weighted by Gasteiger charge is 2.32. The van der Waals surface area contributed by atoms with Crippen LogP contribution in [-0.4, -0.2) is 62.3 Å². The van der Waals surface area contributed by atoms with Crippen LogP contribution in [0.2, 0.25) is 0 Å². The second kappa shape index (κ2) is 8.15. The fourth-order valence-corrected chi connectivity index (χ4v) is 3.91. The van der Waals surface area contributed by atoms with Gasteiger partial charge in [0.15, 0.2) is 6.29 Å². The fourth-order valence-electron chi connectivity index (χ4n) is 3.91. The number of carbonyl (C=O) groups excluding carboxylic acids is 2. The second-order valence-corrected chi connectivity index (χ2v) is 7.96. The zero-order chi connectivity index (χ0) is 20.3. The Balaban J connectivity index is 1.82. The molecule has 0 spiro atoms. The lowest BCUT2D eigenvalue weighted by molar-refractivity contribution is 0.0823. The van der Waals surface area contributed by atoms with Gasteiger partial charge in [-0.15, -0.1) is 0 Å². The molecule has 1 saturated heterocycles. The van der Waals surface area contributed by atoms with Crippen LogP contribution in [0.15, 0.2) is 48.5 Å². The van der Waals surface area contributed by atoms with Crippen LogP contribution in [0.1, 0.15) is 40.1 Å². The Hall–Kier alpha value is -2.66. The Morgan fingerprint density at radius 2 is 1.61 bits per heavy atom. The monoisotopic (exact) mass is 379 g/mol. The number of carbonyl (C=O) groups is 2. The van der Waals surface area contributed by atoms with Crippen molar-refractivity contribution >= 4 is 17.9 Å². The molecule has 3 rings (SSSR count). The van der Waals surface area contributed by atoms with Gasteiger partial charge < -0.3 is 9.80 Å². The third kappa shape index (κ3) is 3.80. The van der Waals surface area contributed by atoms with Gasteiger partial charge in [-0.05, 0) is 25.5 Å². The number of nitrogens with zero attached hydrogens (tertiary/aromatic N) is 3. The first-order chi connectivity index (χ1) is 13.4.